The summed E-state index contributed by atoms with van der Waals surface area (Å²) in [5, 5.41) is 10.9. The van der Waals surface area contributed by atoms with E-state index in [1.54, 1.807) is 42.5 Å². The molecule has 0 bridgehead atoms. The minimum absolute atomic E-state index is 0.216. The number of hydrogen-bond donors (Lipinski definition) is 1. The fourth-order valence-corrected chi connectivity index (χ4v) is 2.18. The maximum Gasteiger partial charge on any atom is 0.129 e. The van der Waals surface area contributed by atoms with Crippen molar-refractivity contribution in [3.05, 3.63) is 70.5 Å². The Morgan fingerprint density at radius 2 is 1.53 bits per heavy atom. The summed E-state index contributed by atoms with van der Waals surface area (Å²) >= 11 is 6.03. The van der Waals surface area contributed by atoms with Gasteiger partial charge in [0, 0.05) is 16.1 Å². The van der Waals surface area contributed by atoms with Gasteiger partial charge in [0.25, 0.3) is 0 Å². The zero-order valence-electron chi connectivity index (χ0n) is 9.32. The van der Waals surface area contributed by atoms with Gasteiger partial charge in [-0.25, -0.2) is 4.39 Å². The third-order valence-corrected chi connectivity index (χ3v) is 3.13. The first-order valence-electron chi connectivity index (χ1n) is 5.26. The Labute approximate surface area is 104 Å². The van der Waals surface area contributed by atoms with E-state index in [0.717, 1.165) is 0 Å². The van der Waals surface area contributed by atoms with Crippen molar-refractivity contribution in [3.8, 4) is 0 Å². The van der Waals surface area contributed by atoms with Crippen molar-refractivity contribution in [2.24, 2.45) is 0 Å². The van der Waals surface area contributed by atoms with E-state index >= 15 is 0 Å². The van der Waals surface area contributed by atoms with Gasteiger partial charge >= 0.3 is 0 Å². The van der Waals surface area contributed by atoms with Crippen LogP contribution in [0.3, 0.4) is 0 Å². The van der Waals surface area contributed by atoms with Gasteiger partial charge in [0.05, 0.1) is 0 Å². The fourth-order valence-electron chi connectivity index (χ4n) is 1.86. The van der Waals surface area contributed by atoms with Crippen LogP contribution in [0.4, 0.5) is 4.39 Å². The Morgan fingerprint density at radius 1 is 1.00 bits per heavy atom. The summed E-state index contributed by atoms with van der Waals surface area (Å²) in [6, 6.07) is 13.0. The molecule has 2 aromatic rings. The van der Waals surface area contributed by atoms with Crippen molar-refractivity contribution in [1.29, 1.82) is 0 Å². The van der Waals surface area contributed by atoms with Crippen molar-refractivity contribution in [1.82, 2.24) is 0 Å². The van der Waals surface area contributed by atoms with E-state index in [1.165, 1.54) is 13.0 Å². The van der Waals surface area contributed by atoms with Crippen LogP contribution in [0.25, 0.3) is 0 Å². The molecule has 17 heavy (non-hydrogen) atoms. The van der Waals surface area contributed by atoms with Crippen LogP contribution in [0, 0.1) is 5.82 Å². The third-order valence-electron chi connectivity index (χ3n) is 2.80. The van der Waals surface area contributed by atoms with Gasteiger partial charge in [-0.15, -0.1) is 0 Å². The molecule has 0 heterocycles. The Kier molecular flexibility index (Phi) is 3.18. The Hall–Kier alpha value is -1.38. The summed E-state index contributed by atoms with van der Waals surface area (Å²) in [6.45, 7) is 1.53. The molecule has 0 radical (unpaired) electrons. The highest BCUT2D eigenvalue weighted by Gasteiger charge is 2.30. The standard InChI is InChI=1S/C14H12ClFO/c1-14(17,10-6-2-4-8-12(10)15)11-7-3-5-9-13(11)16/h2-9,17H,1H3. The molecule has 0 saturated carbocycles. The maximum atomic E-state index is 13.7. The van der Waals surface area contributed by atoms with Gasteiger partial charge in [0.1, 0.15) is 11.4 Å². The highest BCUT2D eigenvalue weighted by Crippen LogP contribution is 2.34. The van der Waals surface area contributed by atoms with Crippen LogP contribution in [0.5, 0.6) is 0 Å². The Bertz CT molecular complexity index is 490. The van der Waals surface area contributed by atoms with Crippen molar-refractivity contribution >= 4 is 11.6 Å². The van der Waals surface area contributed by atoms with Crippen LogP contribution >= 0.6 is 11.6 Å². The molecule has 1 atom stereocenters. The lowest BCUT2D eigenvalue weighted by molar-refractivity contribution is 0.0981. The van der Waals surface area contributed by atoms with Crippen LogP contribution in [-0.2, 0) is 5.60 Å². The number of halogens is 2. The second kappa shape index (κ2) is 4.47. The second-order valence-electron chi connectivity index (χ2n) is 4.03. The van der Waals surface area contributed by atoms with Crippen LogP contribution in [0.2, 0.25) is 5.02 Å². The molecule has 0 saturated heterocycles. The first-order chi connectivity index (χ1) is 8.03. The average molecular weight is 251 g/mol. The first kappa shape index (κ1) is 12.1. The van der Waals surface area contributed by atoms with Crippen LogP contribution in [0.15, 0.2) is 48.5 Å². The summed E-state index contributed by atoms with van der Waals surface area (Å²) in [5.74, 6) is -0.447. The lowest BCUT2D eigenvalue weighted by Crippen LogP contribution is -2.24. The zero-order chi connectivity index (χ0) is 12.5. The Balaban J connectivity index is 2.58. The summed E-state index contributed by atoms with van der Waals surface area (Å²) in [4.78, 5) is 0. The predicted molar refractivity (Wildman–Crippen MR) is 66.5 cm³/mol. The topological polar surface area (TPSA) is 20.2 Å². The maximum absolute atomic E-state index is 13.7. The molecule has 0 amide bonds. The van der Waals surface area contributed by atoms with E-state index in [4.69, 9.17) is 11.6 Å². The predicted octanol–water partition coefficient (Wildman–Crippen LogP) is 3.73. The van der Waals surface area contributed by atoms with Gasteiger partial charge in [0.2, 0.25) is 0 Å². The van der Waals surface area contributed by atoms with Crippen LogP contribution in [-0.4, -0.2) is 5.11 Å². The molecule has 3 heteroatoms. The quantitative estimate of drug-likeness (QED) is 0.861. The van der Waals surface area contributed by atoms with E-state index in [0.29, 0.717) is 10.6 Å². The highest BCUT2D eigenvalue weighted by molar-refractivity contribution is 6.31. The molecule has 0 spiro atoms. The fraction of sp³-hybridized carbons (Fsp3) is 0.143. The minimum atomic E-state index is -1.44. The summed E-state index contributed by atoms with van der Waals surface area (Å²) in [6.07, 6.45) is 0. The van der Waals surface area contributed by atoms with Crippen molar-refractivity contribution in [3.63, 3.8) is 0 Å². The van der Waals surface area contributed by atoms with Gasteiger partial charge in [-0.3, -0.25) is 0 Å². The second-order valence-corrected chi connectivity index (χ2v) is 4.44. The smallest absolute Gasteiger partial charge is 0.129 e. The normalized spacial score (nSPS) is 14.4. The van der Waals surface area contributed by atoms with Gasteiger partial charge < -0.3 is 5.11 Å². The monoisotopic (exact) mass is 250 g/mol. The zero-order valence-corrected chi connectivity index (χ0v) is 10.1. The van der Waals surface area contributed by atoms with Crippen LogP contribution in [0.1, 0.15) is 18.1 Å². The summed E-state index contributed by atoms with van der Waals surface area (Å²) in [7, 11) is 0. The Morgan fingerprint density at radius 3 is 2.12 bits per heavy atom. The molecule has 1 nitrogen and oxygen atoms in total. The number of aliphatic hydroxyl groups is 1. The van der Waals surface area contributed by atoms with E-state index in [9.17, 15) is 9.50 Å². The van der Waals surface area contributed by atoms with Gasteiger partial charge in [-0.05, 0) is 19.1 Å². The molecule has 0 aliphatic heterocycles. The van der Waals surface area contributed by atoms with E-state index in [2.05, 4.69) is 0 Å². The van der Waals surface area contributed by atoms with Gasteiger partial charge in [-0.2, -0.15) is 0 Å². The molecule has 0 fully saturated rings. The molecule has 0 aromatic heterocycles. The lowest BCUT2D eigenvalue weighted by Gasteiger charge is -2.25. The molecule has 1 N–H and O–H groups in total. The largest absolute Gasteiger partial charge is 0.381 e. The van der Waals surface area contributed by atoms with Crippen molar-refractivity contribution in [2.75, 3.05) is 0 Å². The SMILES string of the molecule is CC(O)(c1ccccc1F)c1ccccc1Cl. The van der Waals surface area contributed by atoms with Gasteiger partial charge in [0.15, 0.2) is 0 Å². The highest BCUT2D eigenvalue weighted by atomic mass is 35.5. The minimum Gasteiger partial charge on any atom is -0.381 e. The average Bonchev–Trinajstić information content (AvgIpc) is 2.29. The third kappa shape index (κ3) is 2.19. The van der Waals surface area contributed by atoms with Crippen molar-refractivity contribution in [2.45, 2.75) is 12.5 Å². The molecule has 1 unspecified atom stereocenters. The number of rotatable bonds is 2. The van der Waals surface area contributed by atoms with E-state index in [-0.39, 0.29) is 5.56 Å². The summed E-state index contributed by atoms with van der Waals surface area (Å²) < 4.78 is 13.7. The molecule has 88 valence electrons. The van der Waals surface area contributed by atoms with E-state index < -0.39 is 11.4 Å². The molecule has 0 aliphatic carbocycles. The molecular weight excluding hydrogens is 239 g/mol. The summed E-state index contributed by atoms with van der Waals surface area (Å²) in [5.41, 5.74) is -0.733. The number of hydrogen-bond acceptors (Lipinski definition) is 1. The molecule has 0 aliphatic rings. The molecular formula is C14H12ClFO. The first-order valence-corrected chi connectivity index (χ1v) is 5.63. The molecule has 2 rings (SSSR count). The van der Waals surface area contributed by atoms with Crippen LogP contribution < -0.4 is 0 Å². The lowest BCUT2D eigenvalue weighted by atomic mass is 9.88. The van der Waals surface area contributed by atoms with E-state index in [1.807, 2.05) is 0 Å². The molecule has 2 aromatic carbocycles. The number of benzene rings is 2. The van der Waals surface area contributed by atoms with Gasteiger partial charge in [-0.1, -0.05) is 48.0 Å². The van der Waals surface area contributed by atoms with Crippen molar-refractivity contribution < 1.29 is 9.50 Å².